The Bertz CT molecular complexity index is 1040. The smallest absolute Gasteiger partial charge is 0.358 e. The van der Waals surface area contributed by atoms with Crippen LogP contribution < -0.4 is 0 Å². The Morgan fingerprint density at radius 1 is 0.606 bits per heavy atom. The number of nitrogens with zero attached hydrogens (tertiary/aromatic N) is 3. The molecule has 0 aliphatic carbocycles. The predicted molar refractivity (Wildman–Crippen MR) is 142 cm³/mol. The van der Waals surface area contributed by atoms with Gasteiger partial charge in [0.25, 0.3) is 0 Å². The van der Waals surface area contributed by atoms with Gasteiger partial charge in [-0.3, -0.25) is 9.98 Å². The Hall–Kier alpha value is -2.56. The molecule has 33 heavy (non-hydrogen) atoms. The van der Waals surface area contributed by atoms with Crippen LogP contribution >= 0.6 is 0 Å². The summed E-state index contributed by atoms with van der Waals surface area (Å²) < 4.78 is 0. The summed E-state index contributed by atoms with van der Waals surface area (Å²) >= 11 is 0. The van der Waals surface area contributed by atoms with Gasteiger partial charge in [-0.1, -0.05) is 41.5 Å². The summed E-state index contributed by atoms with van der Waals surface area (Å²) in [5.41, 5.74) is 12.9. The van der Waals surface area contributed by atoms with Crippen molar-refractivity contribution in [1.82, 2.24) is 4.98 Å². The van der Waals surface area contributed by atoms with Crippen LogP contribution in [-0.2, 0) is 16.8 Å². The molecule has 0 amide bonds. The van der Waals surface area contributed by atoms with Crippen LogP contribution in [0.25, 0.3) is 0 Å². The number of hydrogen-bond acceptors (Lipinski definition) is 3. The molecule has 1 aromatic heterocycles. The van der Waals surface area contributed by atoms with Crippen LogP contribution in [0.4, 0.5) is 11.4 Å². The number of benzene rings is 2. The van der Waals surface area contributed by atoms with E-state index in [4.69, 9.17) is 15.0 Å². The molecular weight excluding hydrogens is 449 g/mol. The fourth-order valence-electron chi connectivity index (χ4n) is 3.99. The average molecular weight is 487 g/mol. The first-order valence-electron chi connectivity index (χ1n) is 10.4. The summed E-state index contributed by atoms with van der Waals surface area (Å²) in [6.07, 6.45) is 0. The van der Waals surface area contributed by atoms with Gasteiger partial charge in [-0.15, -0.1) is 0 Å². The minimum absolute atomic E-state index is 0. The van der Waals surface area contributed by atoms with Gasteiger partial charge in [0.15, 0.2) is 0 Å². The van der Waals surface area contributed by atoms with Gasteiger partial charge in [-0.05, 0) is 89.8 Å². The fraction of sp³-hybridized carbons (Fsp3) is 0.276. The minimum Gasteiger partial charge on any atom is -0.358 e. The van der Waals surface area contributed by atoms with Crippen LogP contribution in [0.3, 0.4) is 0 Å². The van der Waals surface area contributed by atoms with Crippen molar-refractivity contribution in [3.8, 4) is 0 Å². The van der Waals surface area contributed by atoms with Crippen LogP contribution in [0, 0.1) is 56.4 Å². The molecular formula is C29H37CoN3. The van der Waals surface area contributed by atoms with Crippen molar-refractivity contribution in [2.75, 3.05) is 0 Å². The van der Waals surface area contributed by atoms with Crippen molar-refractivity contribution in [1.29, 1.82) is 0 Å². The summed E-state index contributed by atoms with van der Waals surface area (Å²) in [5, 5.41) is 0. The van der Waals surface area contributed by atoms with Gasteiger partial charge in [0.2, 0.25) is 0 Å². The molecule has 3 rings (SSSR count). The summed E-state index contributed by atoms with van der Waals surface area (Å²) in [4.78, 5) is 14.7. The second-order valence-electron chi connectivity index (χ2n) is 8.30. The van der Waals surface area contributed by atoms with E-state index in [0.717, 1.165) is 34.2 Å². The maximum atomic E-state index is 4.91. The van der Waals surface area contributed by atoms with Crippen molar-refractivity contribution < 1.29 is 16.8 Å². The van der Waals surface area contributed by atoms with Gasteiger partial charge < -0.3 is 14.9 Å². The maximum absolute atomic E-state index is 4.91. The van der Waals surface area contributed by atoms with Crippen LogP contribution in [0.1, 0.15) is 58.6 Å². The van der Waals surface area contributed by atoms with Gasteiger partial charge in [0.05, 0.1) is 34.2 Å². The van der Waals surface area contributed by atoms with E-state index in [0.29, 0.717) is 0 Å². The van der Waals surface area contributed by atoms with E-state index in [1.165, 1.54) is 33.4 Å². The first-order chi connectivity index (χ1) is 14.2. The normalized spacial score (nSPS) is 11.3. The first-order valence-corrected chi connectivity index (χ1v) is 10.4. The van der Waals surface area contributed by atoms with Gasteiger partial charge in [0, 0.05) is 0 Å². The van der Waals surface area contributed by atoms with Crippen molar-refractivity contribution in [2.24, 2.45) is 9.98 Å². The molecule has 1 radical (unpaired) electrons. The van der Waals surface area contributed by atoms with Gasteiger partial charge in [0.1, 0.15) is 0 Å². The van der Waals surface area contributed by atoms with Crippen molar-refractivity contribution in [2.45, 2.75) is 55.4 Å². The number of pyridine rings is 1. The summed E-state index contributed by atoms with van der Waals surface area (Å²) in [5.74, 6) is 0. The molecule has 0 N–H and O–H groups in total. The van der Waals surface area contributed by atoms with E-state index in [2.05, 4.69) is 65.8 Å². The molecule has 4 heteroatoms. The second-order valence-corrected chi connectivity index (χ2v) is 8.30. The topological polar surface area (TPSA) is 37.6 Å². The van der Waals surface area contributed by atoms with E-state index in [9.17, 15) is 0 Å². The number of aryl methyl sites for hydroxylation is 6. The Morgan fingerprint density at radius 3 is 1.21 bits per heavy atom. The van der Waals surface area contributed by atoms with Crippen LogP contribution in [0.2, 0.25) is 0 Å². The Kier molecular flexibility index (Phi) is 11.6. The van der Waals surface area contributed by atoms with Crippen LogP contribution in [0.5, 0.6) is 0 Å². The van der Waals surface area contributed by atoms with Crippen molar-refractivity contribution >= 4 is 22.8 Å². The molecule has 0 aliphatic rings. The molecule has 0 saturated heterocycles. The summed E-state index contributed by atoms with van der Waals surface area (Å²) in [7, 11) is 0. The van der Waals surface area contributed by atoms with Crippen LogP contribution in [0.15, 0.2) is 52.4 Å². The zero-order valence-electron chi connectivity index (χ0n) is 21.7. The SMILES string of the molecule is CC(=Nc1c(C)cc(C)cc1C)c1cccc(C(C)=Nc2c(C)cc(C)cc2C)n1.[CH3-].[CH3-].[Co+2]. The third kappa shape index (κ3) is 7.21. The zero-order valence-corrected chi connectivity index (χ0v) is 22.8. The molecule has 0 spiro atoms. The van der Waals surface area contributed by atoms with Crippen LogP contribution in [-0.4, -0.2) is 16.4 Å². The molecule has 1 heterocycles. The zero-order chi connectivity index (χ0) is 22.0. The standard InChI is InChI=1S/C27H31N3.2CH3.Co/c1-16-12-18(3)26(19(4)13-16)28-22(7)24-10-9-11-25(30-24)23(8)29-27-20(5)14-17(2)15-21(27)6;;;/h9-15H,1-8H3;2*1H3;/q;2*-1;+2. The van der Waals surface area contributed by atoms with E-state index in [1.54, 1.807) is 0 Å². The Balaban J connectivity index is 0.00000341. The third-order valence-corrected chi connectivity index (χ3v) is 5.32. The van der Waals surface area contributed by atoms with E-state index in [1.807, 2.05) is 32.0 Å². The fourth-order valence-corrected chi connectivity index (χ4v) is 3.99. The number of aromatic nitrogens is 1. The number of rotatable bonds is 4. The molecule has 0 aliphatic heterocycles. The van der Waals surface area contributed by atoms with E-state index in [-0.39, 0.29) is 31.6 Å². The quantitative estimate of drug-likeness (QED) is 0.271. The summed E-state index contributed by atoms with van der Waals surface area (Å²) in [6.45, 7) is 16.7. The van der Waals surface area contributed by atoms with E-state index >= 15 is 0 Å². The molecule has 177 valence electrons. The molecule has 3 aromatic rings. The monoisotopic (exact) mass is 486 g/mol. The third-order valence-electron chi connectivity index (χ3n) is 5.32. The molecule has 3 nitrogen and oxygen atoms in total. The molecule has 0 saturated carbocycles. The largest absolute Gasteiger partial charge is 2.00 e. The molecule has 0 unspecified atom stereocenters. The van der Waals surface area contributed by atoms with E-state index < -0.39 is 0 Å². The minimum atomic E-state index is 0. The summed E-state index contributed by atoms with van der Waals surface area (Å²) in [6, 6.07) is 14.7. The van der Waals surface area contributed by atoms with Crippen molar-refractivity contribution in [3.05, 3.63) is 102 Å². The van der Waals surface area contributed by atoms with Gasteiger partial charge in [-0.2, -0.15) is 0 Å². The first kappa shape index (κ1) is 30.4. The molecule has 0 atom stereocenters. The predicted octanol–water partition coefficient (Wildman–Crippen LogP) is 8.11. The Morgan fingerprint density at radius 2 is 0.909 bits per heavy atom. The second kappa shape index (κ2) is 12.6. The average Bonchev–Trinajstić information content (AvgIpc) is 2.67. The molecule has 0 fully saturated rings. The molecule has 0 bridgehead atoms. The van der Waals surface area contributed by atoms with Crippen molar-refractivity contribution in [3.63, 3.8) is 0 Å². The maximum Gasteiger partial charge on any atom is 2.00 e. The number of aliphatic imine (C=N–C) groups is 2. The number of hydrogen-bond donors (Lipinski definition) is 0. The van der Waals surface area contributed by atoms with Gasteiger partial charge >= 0.3 is 16.8 Å². The Labute approximate surface area is 211 Å². The molecule has 2 aromatic carbocycles. The van der Waals surface area contributed by atoms with Gasteiger partial charge in [-0.25, -0.2) is 4.98 Å².